The van der Waals surface area contributed by atoms with E-state index in [0.717, 1.165) is 50.2 Å². The van der Waals surface area contributed by atoms with Crippen LogP contribution < -0.4 is 5.32 Å². The van der Waals surface area contributed by atoms with Gasteiger partial charge in [0.15, 0.2) is 0 Å². The Morgan fingerprint density at radius 2 is 2.26 bits per heavy atom. The quantitative estimate of drug-likeness (QED) is 0.920. The Labute approximate surface area is 136 Å². The van der Waals surface area contributed by atoms with E-state index in [1.807, 2.05) is 6.07 Å². The SMILES string of the molecule is c1coc(CN2C[C@H]3Cc4nc(NCC5CC5)ncc4[C@@H]3C2)c1. The molecule has 1 saturated carbocycles. The Hall–Kier alpha value is -1.88. The van der Waals surface area contributed by atoms with Crippen LogP contribution in [0.4, 0.5) is 5.95 Å². The molecule has 1 saturated heterocycles. The second kappa shape index (κ2) is 5.34. The summed E-state index contributed by atoms with van der Waals surface area (Å²) in [6, 6.07) is 4.02. The molecule has 0 spiro atoms. The van der Waals surface area contributed by atoms with Gasteiger partial charge in [0.25, 0.3) is 0 Å². The summed E-state index contributed by atoms with van der Waals surface area (Å²) in [6.07, 6.45) is 7.63. The summed E-state index contributed by atoms with van der Waals surface area (Å²) in [5, 5.41) is 3.40. The molecular formula is C18H22N4O. The van der Waals surface area contributed by atoms with Gasteiger partial charge in [-0.3, -0.25) is 4.90 Å². The second-order valence-electron chi connectivity index (χ2n) is 7.26. The van der Waals surface area contributed by atoms with Crippen LogP contribution in [0.5, 0.6) is 0 Å². The molecule has 0 aromatic carbocycles. The molecule has 2 aliphatic carbocycles. The van der Waals surface area contributed by atoms with Crippen LogP contribution >= 0.6 is 0 Å². The maximum Gasteiger partial charge on any atom is 0.222 e. The Morgan fingerprint density at radius 1 is 1.30 bits per heavy atom. The number of likely N-dealkylation sites (tertiary alicyclic amines) is 1. The molecule has 120 valence electrons. The minimum atomic E-state index is 0.595. The normalized spacial score (nSPS) is 26.3. The van der Waals surface area contributed by atoms with E-state index >= 15 is 0 Å². The van der Waals surface area contributed by atoms with E-state index in [1.165, 1.54) is 24.1 Å². The third-order valence-electron chi connectivity index (χ3n) is 5.48. The number of fused-ring (bicyclic) bond motifs is 3. The molecule has 2 atom stereocenters. The molecule has 1 aliphatic heterocycles. The Bertz CT molecular complexity index is 695. The van der Waals surface area contributed by atoms with Crippen LogP contribution in [0.3, 0.4) is 0 Å². The minimum Gasteiger partial charge on any atom is -0.468 e. The van der Waals surface area contributed by atoms with Crippen molar-refractivity contribution in [1.29, 1.82) is 0 Å². The Balaban J connectivity index is 1.27. The van der Waals surface area contributed by atoms with Crippen molar-refractivity contribution in [3.05, 3.63) is 41.6 Å². The molecule has 3 heterocycles. The largest absolute Gasteiger partial charge is 0.468 e. The number of rotatable bonds is 5. The van der Waals surface area contributed by atoms with Crippen LogP contribution in [0.1, 0.15) is 35.8 Å². The lowest BCUT2D eigenvalue weighted by atomic mass is 9.98. The molecule has 1 N–H and O–H groups in total. The van der Waals surface area contributed by atoms with Crippen molar-refractivity contribution >= 4 is 5.95 Å². The van der Waals surface area contributed by atoms with E-state index in [1.54, 1.807) is 6.26 Å². The Kier molecular flexibility index (Phi) is 3.14. The van der Waals surface area contributed by atoms with Crippen molar-refractivity contribution in [3.63, 3.8) is 0 Å². The molecule has 5 heteroatoms. The molecule has 0 bridgehead atoms. The summed E-state index contributed by atoms with van der Waals surface area (Å²) in [6.45, 7) is 4.17. The average Bonchev–Trinajstić information content (AvgIpc) is 2.93. The monoisotopic (exact) mass is 310 g/mol. The highest BCUT2D eigenvalue weighted by Crippen LogP contribution is 2.42. The molecule has 2 aromatic rings. The fourth-order valence-corrected chi connectivity index (χ4v) is 4.06. The standard InChI is InChI=1S/C18H22N4O/c1-2-14(23-5-1)10-22-9-13-6-17-15(16(13)11-22)8-20-18(21-17)19-7-12-3-4-12/h1-2,5,8,12-13,16H,3-4,6-7,9-11H2,(H,19,20,21)/t13-,16-/m1/s1. The Morgan fingerprint density at radius 3 is 3.09 bits per heavy atom. The average molecular weight is 310 g/mol. The van der Waals surface area contributed by atoms with Gasteiger partial charge in [0.05, 0.1) is 12.8 Å². The van der Waals surface area contributed by atoms with E-state index in [9.17, 15) is 0 Å². The van der Waals surface area contributed by atoms with Crippen LogP contribution in [0.2, 0.25) is 0 Å². The number of aromatic nitrogens is 2. The summed E-state index contributed by atoms with van der Waals surface area (Å²) in [4.78, 5) is 11.8. The van der Waals surface area contributed by atoms with Crippen LogP contribution in [-0.4, -0.2) is 34.5 Å². The van der Waals surface area contributed by atoms with Gasteiger partial charge < -0.3 is 9.73 Å². The maximum absolute atomic E-state index is 5.48. The van der Waals surface area contributed by atoms with Gasteiger partial charge in [-0.25, -0.2) is 9.97 Å². The molecule has 2 fully saturated rings. The first kappa shape index (κ1) is 13.5. The van der Waals surface area contributed by atoms with Crippen molar-refractivity contribution < 1.29 is 4.42 Å². The number of furan rings is 1. The van der Waals surface area contributed by atoms with Crippen molar-refractivity contribution in [3.8, 4) is 0 Å². The highest BCUT2D eigenvalue weighted by Gasteiger charge is 2.41. The van der Waals surface area contributed by atoms with Gasteiger partial charge in [0, 0.05) is 37.4 Å². The lowest BCUT2D eigenvalue weighted by Crippen LogP contribution is -2.21. The summed E-state index contributed by atoms with van der Waals surface area (Å²) >= 11 is 0. The third-order valence-corrected chi connectivity index (χ3v) is 5.48. The molecule has 0 unspecified atom stereocenters. The van der Waals surface area contributed by atoms with Crippen molar-refractivity contribution in [2.75, 3.05) is 25.0 Å². The molecule has 0 radical (unpaired) electrons. The predicted octanol–water partition coefficient (Wildman–Crippen LogP) is 2.66. The molecule has 3 aliphatic rings. The summed E-state index contributed by atoms with van der Waals surface area (Å²) < 4.78 is 5.48. The summed E-state index contributed by atoms with van der Waals surface area (Å²) in [7, 11) is 0. The fraction of sp³-hybridized carbons (Fsp3) is 0.556. The third kappa shape index (κ3) is 2.63. The van der Waals surface area contributed by atoms with Crippen LogP contribution in [0.25, 0.3) is 0 Å². The summed E-state index contributed by atoms with van der Waals surface area (Å²) in [5.74, 6) is 4.01. The lowest BCUT2D eigenvalue weighted by molar-refractivity contribution is 0.284. The van der Waals surface area contributed by atoms with Crippen molar-refractivity contribution in [2.45, 2.75) is 31.7 Å². The zero-order chi connectivity index (χ0) is 15.2. The van der Waals surface area contributed by atoms with Gasteiger partial charge in [0.1, 0.15) is 5.76 Å². The smallest absolute Gasteiger partial charge is 0.222 e. The van der Waals surface area contributed by atoms with Gasteiger partial charge in [-0.2, -0.15) is 0 Å². The first-order valence-corrected chi connectivity index (χ1v) is 8.69. The van der Waals surface area contributed by atoms with Gasteiger partial charge >= 0.3 is 0 Å². The molecule has 5 nitrogen and oxygen atoms in total. The van der Waals surface area contributed by atoms with E-state index in [2.05, 4.69) is 27.5 Å². The lowest BCUT2D eigenvalue weighted by Gasteiger charge is -2.15. The number of nitrogens with one attached hydrogen (secondary N) is 1. The fourth-order valence-electron chi connectivity index (χ4n) is 4.06. The minimum absolute atomic E-state index is 0.595. The van der Waals surface area contributed by atoms with Gasteiger partial charge in [-0.15, -0.1) is 0 Å². The molecule has 2 aromatic heterocycles. The first-order chi connectivity index (χ1) is 11.3. The molecule has 0 amide bonds. The van der Waals surface area contributed by atoms with E-state index in [0.29, 0.717) is 11.8 Å². The van der Waals surface area contributed by atoms with Gasteiger partial charge in [0.2, 0.25) is 5.95 Å². The maximum atomic E-state index is 5.48. The topological polar surface area (TPSA) is 54.2 Å². The zero-order valence-electron chi connectivity index (χ0n) is 13.2. The molecular weight excluding hydrogens is 288 g/mol. The first-order valence-electron chi connectivity index (χ1n) is 8.69. The van der Waals surface area contributed by atoms with Gasteiger partial charge in [-0.05, 0) is 48.8 Å². The zero-order valence-corrected chi connectivity index (χ0v) is 13.2. The summed E-state index contributed by atoms with van der Waals surface area (Å²) in [5.41, 5.74) is 2.64. The highest BCUT2D eigenvalue weighted by atomic mass is 16.3. The molecule has 23 heavy (non-hydrogen) atoms. The van der Waals surface area contributed by atoms with E-state index < -0.39 is 0 Å². The number of nitrogens with zero attached hydrogens (tertiary/aromatic N) is 3. The van der Waals surface area contributed by atoms with Crippen LogP contribution in [0.15, 0.2) is 29.0 Å². The van der Waals surface area contributed by atoms with Crippen molar-refractivity contribution in [1.82, 2.24) is 14.9 Å². The number of anilines is 1. The second-order valence-corrected chi connectivity index (χ2v) is 7.26. The molecule has 5 rings (SSSR count). The highest BCUT2D eigenvalue weighted by molar-refractivity contribution is 5.37. The predicted molar refractivity (Wildman–Crippen MR) is 87.2 cm³/mol. The van der Waals surface area contributed by atoms with Crippen LogP contribution in [-0.2, 0) is 13.0 Å². The van der Waals surface area contributed by atoms with Crippen molar-refractivity contribution in [2.24, 2.45) is 11.8 Å². The number of hydrogen-bond donors (Lipinski definition) is 1. The van der Waals surface area contributed by atoms with E-state index in [-0.39, 0.29) is 0 Å². The number of hydrogen-bond acceptors (Lipinski definition) is 5. The van der Waals surface area contributed by atoms with Gasteiger partial charge in [-0.1, -0.05) is 0 Å². The van der Waals surface area contributed by atoms with E-state index in [4.69, 9.17) is 9.40 Å². The van der Waals surface area contributed by atoms with Crippen LogP contribution in [0, 0.1) is 11.8 Å².